The average Bonchev–Trinajstić information content (AvgIpc) is 2.80. The Labute approximate surface area is 209 Å². The Bertz CT molecular complexity index is 1270. The fourth-order valence-corrected chi connectivity index (χ4v) is 5.90. The Morgan fingerprint density at radius 1 is 0.857 bits per heavy atom. The third kappa shape index (κ3) is 6.14. The van der Waals surface area contributed by atoms with Crippen molar-refractivity contribution in [2.45, 2.75) is 50.8 Å². The lowest BCUT2D eigenvalue weighted by molar-refractivity contribution is 0.252. The Hall–Kier alpha value is -3.06. The molecule has 188 valence electrons. The number of carbonyl (C=O) groups excluding carboxylic acids is 1. The molecule has 0 fully saturated rings. The summed E-state index contributed by atoms with van der Waals surface area (Å²) < 4.78 is 26.3. The number of nitrogens with zero attached hydrogens (tertiary/aromatic N) is 1. The maximum atomic E-state index is 13.2. The predicted molar refractivity (Wildman–Crippen MR) is 147 cm³/mol. The first-order chi connectivity index (χ1) is 16.5. The van der Waals surface area contributed by atoms with E-state index in [1.165, 1.54) is 0 Å². The molecule has 0 spiro atoms. The van der Waals surface area contributed by atoms with E-state index < -0.39 is 9.84 Å². The van der Waals surface area contributed by atoms with Gasteiger partial charge in [-0.1, -0.05) is 70.2 Å². The Kier molecular flexibility index (Phi) is 8.43. The summed E-state index contributed by atoms with van der Waals surface area (Å²) in [6.45, 7) is 8.66. The van der Waals surface area contributed by atoms with Gasteiger partial charge in [-0.3, -0.25) is 0 Å². The number of hydrogen-bond acceptors (Lipinski definition) is 4. The molecule has 0 saturated heterocycles. The minimum Gasteiger partial charge on any atom is -0.377 e. The first-order valence-corrected chi connectivity index (χ1v) is 13.8. The van der Waals surface area contributed by atoms with Crippen LogP contribution >= 0.6 is 0 Å². The van der Waals surface area contributed by atoms with Crippen molar-refractivity contribution in [2.75, 3.05) is 36.6 Å². The third-order valence-electron chi connectivity index (χ3n) is 6.16. The quantitative estimate of drug-likeness (QED) is 0.350. The molecule has 0 saturated carbocycles. The van der Waals surface area contributed by atoms with Gasteiger partial charge >= 0.3 is 6.03 Å². The molecular formula is C28H37N3O3S. The number of urea groups is 1. The Balaban J connectivity index is 1.67. The molecule has 7 heteroatoms. The lowest BCUT2D eigenvalue weighted by Gasteiger charge is -2.20. The van der Waals surface area contributed by atoms with Crippen molar-refractivity contribution in [3.05, 3.63) is 65.7 Å². The second-order valence-corrected chi connectivity index (χ2v) is 11.8. The highest BCUT2D eigenvalue weighted by Crippen LogP contribution is 2.33. The van der Waals surface area contributed by atoms with Gasteiger partial charge in [0.1, 0.15) is 0 Å². The normalized spacial score (nSPS) is 11.8. The van der Waals surface area contributed by atoms with E-state index in [2.05, 4.69) is 38.3 Å². The van der Waals surface area contributed by atoms with Gasteiger partial charge in [0.25, 0.3) is 0 Å². The van der Waals surface area contributed by atoms with Crippen LogP contribution in [-0.2, 0) is 9.84 Å². The maximum absolute atomic E-state index is 13.2. The molecule has 35 heavy (non-hydrogen) atoms. The molecule has 0 radical (unpaired) electrons. The highest BCUT2D eigenvalue weighted by molar-refractivity contribution is 7.91. The predicted octanol–water partition coefficient (Wildman–Crippen LogP) is 6.14. The van der Waals surface area contributed by atoms with Crippen LogP contribution < -0.4 is 15.5 Å². The van der Waals surface area contributed by atoms with E-state index in [1.807, 2.05) is 61.5 Å². The fourth-order valence-electron chi connectivity index (χ4n) is 4.35. The molecule has 6 nitrogen and oxygen atoms in total. The van der Waals surface area contributed by atoms with Crippen molar-refractivity contribution in [2.24, 2.45) is 0 Å². The van der Waals surface area contributed by atoms with E-state index in [1.54, 1.807) is 12.1 Å². The molecule has 0 bridgehead atoms. The van der Waals surface area contributed by atoms with Crippen molar-refractivity contribution in [1.82, 2.24) is 5.32 Å². The lowest BCUT2D eigenvalue weighted by Crippen LogP contribution is -2.31. The van der Waals surface area contributed by atoms with Crippen LogP contribution in [0.3, 0.4) is 0 Å². The molecule has 0 unspecified atom stereocenters. The van der Waals surface area contributed by atoms with Crippen molar-refractivity contribution >= 4 is 38.0 Å². The van der Waals surface area contributed by atoms with Crippen molar-refractivity contribution < 1.29 is 13.2 Å². The van der Waals surface area contributed by atoms with E-state index in [-0.39, 0.29) is 30.2 Å². The molecule has 0 heterocycles. The van der Waals surface area contributed by atoms with Crippen LogP contribution in [0, 0.1) is 0 Å². The number of nitrogens with one attached hydrogen (secondary N) is 2. The molecular weight excluding hydrogens is 458 g/mol. The van der Waals surface area contributed by atoms with Crippen LogP contribution in [0.15, 0.2) is 59.5 Å². The van der Waals surface area contributed by atoms with Crippen molar-refractivity contribution in [3.8, 4) is 0 Å². The van der Waals surface area contributed by atoms with Crippen LogP contribution in [0.25, 0.3) is 10.8 Å². The minimum atomic E-state index is -3.51. The number of sulfone groups is 1. The average molecular weight is 496 g/mol. The first-order valence-electron chi connectivity index (χ1n) is 12.1. The van der Waals surface area contributed by atoms with Gasteiger partial charge in [0.15, 0.2) is 9.84 Å². The summed E-state index contributed by atoms with van der Waals surface area (Å²) in [6, 6.07) is 16.8. The van der Waals surface area contributed by atoms with Gasteiger partial charge in [-0.05, 0) is 41.5 Å². The number of rotatable bonds is 9. The van der Waals surface area contributed by atoms with E-state index in [0.29, 0.717) is 11.3 Å². The van der Waals surface area contributed by atoms with Gasteiger partial charge in [0, 0.05) is 42.8 Å². The fraction of sp³-hybridized carbons (Fsp3) is 0.393. The van der Waals surface area contributed by atoms with Crippen LogP contribution in [0.1, 0.15) is 57.1 Å². The molecule has 0 aromatic heterocycles. The molecule has 0 aliphatic carbocycles. The molecule has 0 aliphatic rings. The third-order valence-corrected chi connectivity index (χ3v) is 8.02. The van der Waals surface area contributed by atoms with Gasteiger partial charge in [0.05, 0.1) is 10.6 Å². The summed E-state index contributed by atoms with van der Waals surface area (Å²) in [5.41, 5.74) is 3.99. The van der Waals surface area contributed by atoms with Crippen molar-refractivity contribution in [3.63, 3.8) is 0 Å². The molecule has 0 aliphatic heterocycles. The SMILES string of the molecule is CC(C)c1cccc(C(C)C)c1NC(=O)NCCCS(=O)(=O)c1cccc2c(N(C)C)cccc12. The number of fused-ring (bicyclic) bond motifs is 1. The van der Waals surface area contributed by atoms with Crippen LogP contribution in [0.4, 0.5) is 16.2 Å². The zero-order valence-electron chi connectivity index (χ0n) is 21.6. The molecule has 2 amide bonds. The number of anilines is 2. The second-order valence-electron chi connectivity index (χ2n) is 9.70. The molecule has 0 atom stereocenters. The first kappa shape index (κ1) is 26.5. The summed E-state index contributed by atoms with van der Waals surface area (Å²) in [5.74, 6) is 0.490. The Morgan fingerprint density at radius 3 is 2.03 bits per heavy atom. The maximum Gasteiger partial charge on any atom is 0.319 e. The van der Waals surface area contributed by atoms with E-state index in [4.69, 9.17) is 0 Å². The molecule has 2 N–H and O–H groups in total. The van der Waals surface area contributed by atoms with Gasteiger partial charge < -0.3 is 15.5 Å². The topological polar surface area (TPSA) is 78.5 Å². The van der Waals surface area contributed by atoms with E-state index in [9.17, 15) is 13.2 Å². The van der Waals surface area contributed by atoms with E-state index >= 15 is 0 Å². The van der Waals surface area contributed by atoms with Gasteiger partial charge in [0.2, 0.25) is 0 Å². The number of carbonyl (C=O) groups is 1. The summed E-state index contributed by atoms with van der Waals surface area (Å²) in [6.07, 6.45) is 0.322. The second kappa shape index (κ2) is 11.1. The van der Waals surface area contributed by atoms with Gasteiger partial charge in [-0.2, -0.15) is 0 Å². The number of para-hydroxylation sites is 1. The minimum absolute atomic E-state index is 0.0432. The molecule has 3 rings (SSSR count). The standard InChI is InChI=1S/C28H37N3O3S/c1-19(2)21-11-7-12-22(20(3)4)27(21)30-28(32)29-17-10-18-35(33,34)26-16-9-13-23-24(26)14-8-15-25(23)31(5)6/h7-9,11-16,19-20H,10,17-18H2,1-6H3,(H2,29,30,32). The zero-order valence-corrected chi connectivity index (χ0v) is 22.4. The number of hydrogen-bond donors (Lipinski definition) is 2. The van der Waals surface area contributed by atoms with Gasteiger partial charge in [-0.15, -0.1) is 0 Å². The summed E-state index contributed by atoms with van der Waals surface area (Å²) in [5, 5.41) is 7.46. The zero-order chi connectivity index (χ0) is 25.8. The smallest absolute Gasteiger partial charge is 0.319 e. The highest BCUT2D eigenvalue weighted by Gasteiger charge is 2.19. The van der Waals surface area contributed by atoms with Crippen LogP contribution in [-0.4, -0.2) is 40.8 Å². The monoisotopic (exact) mass is 495 g/mol. The Morgan fingerprint density at radius 2 is 1.43 bits per heavy atom. The largest absolute Gasteiger partial charge is 0.377 e. The molecule has 3 aromatic rings. The van der Waals surface area contributed by atoms with Crippen LogP contribution in [0.5, 0.6) is 0 Å². The van der Waals surface area contributed by atoms with E-state index in [0.717, 1.165) is 33.3 Å². The van der Waals surface area contributed by atoms with Gasteiger partial charge in [-0.25, -0.2) is 13.2 Å². The highest BCUT2D eigenvalue weighted by atomic mass is 32.2. The van der Waals surface area contributed by atoms with Crippen molar-refractivity contribution in [1.29, 1.82) is 0 Å². The molecule has 3 aromatic carbocycles. The number of benzene rings is 3. The summed E-state index contributed by atoms with van der Waals surface area (Å²) >= 11 is 0. The number of amides is 2. The summed E-state index contributed by atoms with van der Waals surface area (Å²) in [7, 11) is 0.369. The summed E-state index contributed by atoms with van der Waals surface area (Å²) in [4.78, 5) is 15.0. The van der Waals surface area contributed by atoms with Crippen LogP contribution in [0.2, 0.25) is 0 Å². The lowest BCUT2D eigenvalue weighted by atomic mass is 9.93.